The first-order valence-corrected chi connectivity index (χ1v) is 38.9. The summed E-state index contributed by atoms with van der Waals surface area (Å²) >= 11 is 0. The van der Waals surface area contributed by atoms with Crippen LogP contribution in [0, 0.1) is 0 Å². The summed E-state index contributed by atoms with van der Waals surface area (Å²) < 4.78 is 30.5. The lowest BCUT2D eigenvalue weighted by molar-refractivity contribution is -0.870. The summed E-state index contributed by atoms with van der Waals surface area (Å²) in [4.78, 5) is 40.2. The molecule has 0 heterocycles. The zero-order chi connectivity index (χ0) is 62.8. The molecule has 0 rings (SSSR count). The molecule has 0 bridgehead atoms. The Balaban J connectivity index is 4.99. The number of amides is 1. The number of hydrogen-bond donors (Lipinski definition) is 1. The Morgan fingerprint density at radius 1 is 0.407 bits per heavy atom. The zero-order valence-electron chi connectivity index (χ0n) is 58.0. The number of nitrogens with zero attached hydrogens (tertiary/aromatic N) is 1. The molecule has 3 atom stereocenters. The minimum Gasteiger partial charge on any atom is -0.756 e. The molecule has 0 aliphatic rings. The van der Waals surface area contributed by atoms with Gasteiger partial charge >= 0.3 is 5.97 Å². The zero-order valence-corrected chi connectivity index (χ0v) is 58.9. The first kappa shape index (κ1) is 84.0. The molecule has 1 amide bonds. The van der Waals surface area contributed by atoms with Crippen LogP contribution in [0.2, 0.25) is 0 Å². The maximum absolute atomic E-state index is 13.6. The van der Waals surface area contributed by atoms with Gasteiger partial charge in [-0.05, 0) is 70.3 Å². The van der Waals surface area contributed by atoms with Crippen LogP contribution in [0.25, 0.3) is 0 Å². The van der Waals surface area contributed by atoms with Gasteiger partial charge in [-0.25, -0.2) is 0 Å². The number of esters is 1. The molecule has 1 N–H and O–H groups in total. The smallest absolute Gasteiger partial charge is 0.306 e. The molecule has 10 heteroatoms. The van der Waals surface area contributed by atoms with Gasteiger partial charge in [0.1, 0.15) is 19.3 Å². The highest BCUT2D eigenvalue weighted by molar-refractivity contribution is 7.45. The van der Waals surface area contributed by atoms with Crippen molar-refractivity contribution < 1.29 is 37.3 Å². The molecule has 86 heavy (non-hydrogen) atoms. The first-order valence-electron chi connectivity index (χ1n) is 37.4. The Morgan fingerprint density at radius 2 is 0.709 bits per heavy atom. The third kappa shape index (κ3) is 66.4. The molecule has 506 valence electrons. The third-order valence-electron chi connectivity index (χ3n) is 17.0. The summed E-state index contributed by atoms with van der Waals surface area (Å²) in [6.45, 7) is 6.88. The number of allylic oxidation sites excluding steroid dienone is 7. The lowest BCUT2D eigenvalue weighted by Gasteiger charge is -2.30. The quantitative estimate of drug-likeness (QED) is 0.0212. The normalized spacial score (nSPS) is 13.7. The third-order valence-corrected chi connectivity index (χ3v) is 18.0. The van der Waals surface area contributed by atoms with Gasteiger partial charge in [-0.3, -0.25) is 14.2 Å². The largest absolute Gasteiger partial charge is 0.756 e. The first-order chi connectivity index (χ1) is 41.9. The van der Waals surface area contributed by atoms with Crippen LogP contribution < -0.4 is 10.2 Å². The number of unbranched alkanes of at least 4 members (excludes halogenated alkanes) is 47. The monoisotopic (exact) mass is 1230 g/mol. The molecular formula is C76H145N2O7P. The topological polar surface area (TPSA) is 114 Å². The van der Waals surface area contributed by atoms with Gasteiger partial charge in [0.15, 0.2) is 0 Å². The van der Waals surface area contributed by atoms with Crippen molar-refractivity contribution in [1.29, 1.82) is 0 Å². The van der Waals surface area contributed by atoms with E-state index in [-0.39, 0.29) is 31.5 Å². The lowest BCUT2D eigenvalue weighted by atomic mass is 10.0. The van der Waals surface area contributed by atoms with E-state index < -0.39 is 20.0 Å². The minimum atomic E-state index is -4.70. The molecular weight excluding hydrogens is 1080 g/mol. The molecule has 0 aromatic carbocycles. The molecule has 0 aromatic rings. The molecule has 0 aliphatic heterocycles. The van der Waals surface area contributed by atoms with Gasteiger partial charge < -0.3 is 28.5 Å². The molecule has 0 saturated carbocycles. The number of nitrogens with one attached hydrogen (secondary N) is 1. The van der Waals surface area contributed by atoms with Crippen LogP contribution in [-0.4, -0.2) is 69.4 Å². The van der Waals surface area contributed by atoms with Crippen LogP contribution >= 0.6 is 7.82 Å². The van der Waals surface area contributed by atoms with Crippen molar-refractivity contribution in [1.82, 2.24) is 5.32 Å². The van der Waals surface area contributed by atoms with Crippen molar-refractivity contribution in [2.75, 3.05) is 40.9 Å². The van der Waals surface area contributed by atoms with Crippen molar-refractivity contribution in [2.24, 2.45) is 0 Å². The Labute approximate surface area is 535 Å². The highest BCUT2D eigenvalue weighted by Gasteiger charge is 2.27. The van der Waals surface area contributed by atoms with Crippen molar-refractivity contribution >= 4 is 19.7 Å². The van der Waals surface area contributed by atoms with Crippen LogP contribution in [0.5, 0.6) is 0 Å². The minimum absolute atomic E-state index is 0.0206. The van der Waals surface area contributed by atoms with E-state index in [0.717, 1.165) is 70.6 Å². The van der Waals surface area contributed by atoms with Crippen LogP contribution in [-0.2, 0) is 27.9 Å². The van der Waals surface area contributed by atoms with Crippen LogP contribution in [0.3, 0.4) is 0 Å². The number of carbonyl (C=O) groups excluding carboxylic acids is 2. The van der Waals surface area contributed by atoms with E-state index in [4.69, 9.17) is 13.8 Å². The molecule has 0 aromatic heterocycles. The Morgan fingerprint density at radius 3 is 1.08 bits per heavy atom. The van der Waals surface area contributed by atoms with Gasteiger partial charge in [-0.15, -0.1) is 0 Å². The summed E-state index contributed by atoms with van der Waals surface area (Å²) in [5.74, 6) is -0.523. The van der Waals surface area contributed by atoms with Crippen LogP contribution in [0.15, 0.2) is 48.6 Å². The van der Waals surface area contributed by atoms with Crippen molar-refractivity contribution in [3.8, 4) is 0 Å². The molecule has 0 fully saturated rings. The molecule has 9 nitrogen and oxygen atoms in total. The predicted octanol–water partition coefficient (Wildman–Crippen LogP) is 23.3. The fraction of sp³-hybridized carbons (Fsp3) is 0.868. The Hall–Kier alpha value is -2.03. The van der Waals surface area contributed by atoms with Gasteiger partial charge in [0.25, 0.3) is 7.82 Å². The molecule has 0 spiro atoms. The number of ether oxygens (including phenoxy) is 1. The number of carbonyl (C=O) groups is 2. The van der Waals surface area contributed by atoms with E-state index in [9.17, 15) is 19.0 Å². The van der Waals surface area contributed by atoms with Gasteiger partial charge in [-0.1, -0.05) is 339 Å². The van der Waals surface area contributed by atoms with E-state index in [1.54, 1.807) is 0 Å². The predicted molar refractivity (Wildman–Crippen MR) is 372 cm³/mol. The maximum Gasteiger partial charge on any atom is 0.306 e. The van der Waals surface area contributed by atoms with Crippen molar-refractivity contribution in [3.63, 3.8) is 0 Å². The number of phosphoric acid groups is 1. The summed E-state index contributed by atoms with van der Waals surface area (Å²) in [6, 6.07) is -0.888. The van der Waals surface area contributed by atoms with Crippen molar-refractivity contribution in [2.45, 2.75) is 386 Å². The number of hydrogen-bond acceptors (Lipinski definition) is 7. The lowest BCUT2D eigenvalue weighted by Crippen LogP contribution is -2.47. The van der Waals surface area contributed by atoms with Gasteiger partial charge in [0.2, 0.25) is 5.91 Å². The Bertz CT molecular complexity index is 1610. The number of rotatable bonds is 69. The van der Waals surface area contributed by atoms with Gasteiger partial charge in [0.05, 0.1) is 33.8 Å². The van der Waals surface area contributed by atoms with E-state index in [1.165, 1.54) is 270 Å². The average molecular weight is 1230 g/mol. The number of quaternary nitrogens is 1. The van der Waals surface area contributed by atoms with E-state index in [0.29, 0.717) is 17.4 Å². The van der Waals surface area contributed by atoms with Gasteiger partial charge in [0, 0.05) is 12.8 Å². The SMILES string of the molecule is CCCCC/C=C\C/C=C\C/C=C\CCCCCCCCCCCCCCC(=O)NC(COP(=O)([O-])OCC[N+](C)(C)C)C(/C=C/CCCCCCCCCCCC)OC(=O)CCCCCCCCCCCCCCCCCCCCCCCCC. The summed E-state index contributed by atoms with van der Waals surface area (Å²) in [7, 11) is 1.20. The highest BCUT2D eigenvalue weighted by Crippen LogP contribution is 2.38. The Kier molecular flexibility index (Phi) is 64.4. The highest BCUT2D eigenvalue weighted by atomic mass is 31.2. The average Bonchev–Trinajstić information content (AvgIpc) is 3.69. The molecule has 3 unspecified atom stereocenters. The fourth-order valence-electron chi connectivity index (χ4n) is 11.2. The van der Waals surface area contributed by atoms with E-state index in [2.05, 4.69) is 62.5 Å². The molecule has 0 radical (unpaired) electrons. The van der Waals surface area contributed by atoms with Gasteiger partial charge in [-0.2, -0.15) is 0 Å². The van der Waals surface area contributed by atoms with E-state index >= 15 is 0 Å². The second-order valence-corrected chi connectivity index (χ2v) is 28.2. The van der Waals surface area contributed by atoms with Crippen LogP contribution in [0.1, 0.15) is 374 Å². The molecule has 0 saturated heterocycles. The second-order valence-electron chi connectivity index (χ2n) is 26.8. The summed E-state index contributed by atoms with van der Waals surface area (Å²) in [5.41, 5.74) is 0. The van der Waals surface area contributed by atoms with E-state index in [1.807, 2.05) is 33.3 Å². The standard InChI is InChI=1S/C76H145N2O7P/c1-7-10-13-16-19-22-25-28-30-32-34-36-38-39-41-42-44-46-48-50-53-56-59-62-65-68-75(79)77-73(72-84-86(81,82)83-71-70-78(4,5)6)74(67-64-61-58-55-52-27-24-21-18-15-12-9-3)85-76(80)69-66-63-60-57-54-51-49-47-45-43-40-37-35-33-31-29-26-23-20-17-14-11-8-2/h19,22,28,30,34,36,64,67,73-74H,7-18,20-21,23-27,29,31-33,35,37-63,65-66,68-72H2,1-6H3,(H-,77,79,81,82)/b22-19-,30-28-,36-34-,67-64+. The second kappa shape index (κ2) is 65.9. The summed E-state index contributed by atoms with van der Waals surface area (Å²) in [6.07, 6.45) is 83.8. The van der Waals surface area contributed by atoms with Crippen LogP contribution in [0.4, 0.5) is 0 Å². The number of likely N-dealkylation sites (N-methyl/N-ethyl adjacent to an activating group) is 1. The van der Waals surface area contributed by atoms with Crippen molar-refractivity contribution in [3.05, 3.63) is 48.6 Å². The maximum atomic E-state index is 13.6. The number of phosphoric ester groups is 1. The molecule has 0 aliphatic carbocycles. The summed E-state index contributed by atoms with van der Waals surface area (Å²) in [5, 5.41) is 3.05. The fourth-order valence-corrected chi connectivity index (χ4v) is 12.0.